The summed E-state index contributed by atoms with van der Waals surface area (Å²) in [4.78, 5) is 4.19. The predicted octanol–water partition coefficient (Wildman–Crippen LogP) is 1.72. The molecule has 0 aliphatic heterocycles. The summed E-state index contributed by atoms with van der Waals surface area (Å²) in [7, 11) is 0. The van der Waals surface area contributed by atoms with Crippen LogP contribution in [0.5, 0.6) is 0 Å². The van der Waals surface area contributed by atoms with Crippen molar-refractivity contribution in [3.05, 3.63) is 36.5 Å². The van der Waals surface area contributed by atoms with E-state index in [9.17, 15) is 0 Å². The first kappa shape index (κ1) is 11.7. The molecule has 0 unspecified atom stereocenters. The fraction of sp³-hybridized carbons (Fsp3) is 0.182. The molecule has 0 radical (unpaired) electrons. The molecule has 0 aliphatic rings. The molecule has 88 valence electrons. The number of hydrogen-bond acceptors (Lipinski definition) is 5. The smallest absolute Gasteiger partial charge is 0.210 e. The molecular formula is C11H13N5S. The summed E-state index contributed by atoms with van der Waals surface area (Å²) in [6.07, 6.45) is 1.70. The average molecular weight is 247 g/mol. The van der Waals surface area contributed by atoms with E-state index in [4.69, 9.17) is 5.84 Å². The molecule has 6 heteroatoms. The van der Waals surface area contributed by atoms with E-state index in [1.54, 1.807) is 6.20 Å². The molecule has 2 heterocycles. The Morgan fingerprint density at radius 3 is 2.94 bits per heavy atom. The van der Waals surface area contributed by atoms with Gasteiger partial charge >= 0.3 is 0 Å². The van der Waals surface area contributed by atoms with E-state index in [2.05, 4.69) is 21.8 Å². The number of rotatable bonds is 4. The van der Waals surface area contributed by atoms with Gasteiger partial charge in [0.1, 0.15) is 5.69 Å². The summed E-state index contributed by atoms with van der Waals surface area (Å²) in [5.74, 6) is 7.26. The third kappa shape index (κ3) is 2.65. The van der Waals surface area contributed by atoms with E-state index in [1.165, 1.54) is 16.4 Å². The van der Waals surface area contributed by atoms with Gasteiger partial charge in [-0.3, -0.25) is 4.98 Å². The number of nitrogen functional groups attached to an aromatic ring is 1. The quantitative estimate of drug-likeness (QED) is 0.506. The lowest BCUT2D eigenvalue weighted by atomic mass is 10.3. The number of pyridine rings is 1. The molecule has 0 aliphatic carbocycles. The van der Waals surface area contributed by atoms with E-state index in [0.29, 0.717) is 16.7 Å². The van der Waals surface area contributed by atoms with Crippen LogP contribution in [0.3, 0.4) is 0 Å². The summed E-state index contributed by atoms with van der Waals surface area (Å²) in [5, 5.41) is 8.73. The number of nitrogens with two attached hydrogens (primary N) is 1. The molecule has 0 saturated carbocycles. The van der Waals surface area contributed by atoms with E-state index < -0.39 is 0 Å². The van der Waals surface area contributed by atoms with Gasteiger partial charge < -0.3 is 5.84 Å². The fourth-order valence-electron chi connectivity index (χ4n) is 1.23. The number of nitrogens with zero attached hydrogens (tertiary/aromatic N) is 4. The Kier molecular flexibility index (Phi) is 3.43. The molecule has 2 rings (SSSR count). The highest BCUT2D eigenvalue weighted by atomic mass is 32.2. The van der Waals surface area contributed by atoms with Crippen LogP contribution in [0.2, 0.25) is 0 Å². The van der Waals surface area contributed by atoms with Crippen molar-refractivity contribution >= 4 is 11.8 Å². The molecule has 2 aromatic rings. The SMILES string of the molecule is C=C(C)CSc1nnc(-c2ccccn2)n1N. The molecule has 0 saturated heterocycles. The predicted molar refractivity (Wildman–Crippen MR) is 68.9 cm³/mol. The molecular weight excluding hydrogens is 234 g/mol. The molecule has 0 amide bonds. The monoisotopic (exact) mass is 247 g/mol. The minimum Gasteiger partial charge on any atom is -0.335 e. The van der Waals surface area contributed by atoms with Gasteiger partial charge in [-0.15, -0.1) is 10.2 Å². The van der Waals surface area contributed by atoms with Gasteiger partial charge in [-0.05, 0) is 19.1 Å². The maximum atomic E-state index is 5.92. The van der Waals surface area contributed by atoms with Crippen molar-refractivity contribution in [1.29, 1.82) is 0 Å². The first-order chi connectivity index (χ1) is 8.18. The Bertz CT molecular complexity index is 520. The molecule has 0 spiro atoms. The lowest BCUT2D eigenvalue weighted by Crippen LogP contribution is -2.12. The van der Waals surface area contributed by atoms with Crippen molar-refractivity contribution in [2.24, 2.45) is 0 Å². The van der Waals surface area contributed by atoms with Crippen LogP contribution in [-0.2, 0) is 0 Å². The second-order valence-corrected chi connectivity index (χ2v) is 4.58. The average Bonchev–Trinajstić information content (AvgIpc) is 2.69. The second-order valence-electron chi connectivity index (χ2n) is 3.64. The molecule has 5 nitrogen and oxygen atoms in total. The van der Waals surface area contributed by atoms with E-state index in [-0.39, 0.29) is 0 Å². The molecule has 0 aromatic carbocycles. The van der Waals surface area contributed by atoms with Crippen LogP contribution in [0, 0.1) is 0 Å². The zero-order chi connectivity index (χ0) is 12.3. The molecule has 2 aromatic heterocycles. The minimum atomic E-state index is 0.565. The normalized spacial score (nSPS) is 10.4. The third-order valence-corrected chi connectivity index (χ3v) is 3.18. The lowest BCUT2D eigenvalue weighted by Gasteiger charge is -2.02. The maximum Gasteiger partial charge on any atom is 0.210 e. The van der Waals surface area contributed by atoms with E-state index >= 15 is 0 Å². The Morgan fingerprint density at radius 2 is 2.29 bits per heavy atom. The highest BCUT2D eigenvalue weighted by Crippen LogP contribution is 2.20. The van der Waals surface area contributed by atoms with Gasteiger partial charge in [-0.2, -0.15) is 0 Å². The van der Waals surface area contributed by atoms with Gasteiger partial charge in [-0.25, -0.2) is 4.68 Å². The highest BCUT2D eigenvalue weighted by molar-refractivity contribution is 7.99. The van der Waals surface area contributed by atoms with Crippen LogP contribution in [0.1, 0.15) is 6.92 Å². The zero-order valence-electron chi connectivity index (χ0n) is 9.50. The van der Waals surface area contributed by atoms with E-state index in [1.807, 2.05) is 25.1 Å². The van der Waals surface area contributed by atoms with Crippen molar-refractivity contribution in [3.63, 3.8) is 0 Å². The van der Waals surface area contributed by atoms with Crippen LogP contribution in [0.25, 0.3) is 11.5 Å². The molecule has 0 bridgehead atoms. The Morgan fingerprint density at radius 1 is 1.47 bits per heavy atom. The summed E-state index contributed by atoms with van der Waals surface area (Å²) in [5.41, 5.74) is 1.78. The fourth-order valence-corrected chi connectivity index (χ4v) is 1.93. The molecule has 0 fully saturated rings. The summed E-state index contributed by atoms with van der Waals surface area (Å²) >= 11 is 1.51. The second kappa shape index (κ2) is 5.01. The van der Waals surface area contributed by atoms with Crippen molar-refractivity contribution in [2.45, 2.75) is 12.1 Å². The highest BCUT2D eigenvalue weighted by Gasteiger charge is 2.12. The van der Waals surface area contributed by atoms with Crippen molar-refractivity contribution in [3.8, 4) is 11.5 Å². The number of hydrogen-bond donors (Lipinski definition) is 1. The van der Waals surface area contributed by atoms with Gasteiger partial charge in [0.25, 0.3) is 0 Å². The molecule has 0 atom stereocenters. The summed E-state index contributed by atoms with van der Waals surface area (Å²) in [6, 6.07) is 5.58. The summed E-state index contributed by atoms with van der Waals surface area (Å²) in [6.45, 7) is 5.80. The van der Waals surface area contributed by atoms with Crippen LogP contribution in [0.4, 0.5) is 0 Å². The maximum absolute atomic E-state index is 5.92. The first-order valence-electron chi connectivity index (χ1n) is 5.07. The van der Waals surface area contributed by atoms with Crippen molar-refractivity contribution in [1.82, 2.24) is 19.9 Å². The Labute approximate surface area is 104 Å². The molecule has 2 N–H and O–H groups in total. The zero-order valence-corrected chi connectivity index (χ0v) is 10.3. The topological polar surface area (TPSA) is 69.6 Å². The van der Waals surface area contributed by atoms with Gasteiger partial charge in [0.2, 0.25) is 11.0 Å². The third-order valence-electron chi connectivity index (χ3n) is 2.01. The van der Waals surface area contributed by atoms with Gasteiger partial charge in [0, 0.05) is 11.9 Å². The van der Waals surface area contributed by atoms with Crippen LogP contribution >= 0.6 is 11.8 Å². The largest absolute Gasteiger partial charge is 0.335 e. The molecule has 17 heavy (non-hydrogen) atoms. The van der Waals surface area contributed by atoms with Crippen LogP contribution < -0.4 is 5.84 Å². The van der Waals surface area contributed by atoms with Gasteiger partial charge in [0.05, 0.1) is 0 Å². The van der Waals surface area contributed by atoms with Gasteiger partial charge in [-0.1, -0.05) is 30.0 Å². The minimum absolute atomic E-state index is 0.565. The number of aromatic nitrogens is 4. The standard InChI is InChI=1S/C11H13N5S/c1-8(2)7-17-11-15-14-10(16(11)12)9-5-3-4-6-13-9/h3-6H,1,7,12H2,2H3. The Balaban J connectivity index is 2.24. The van der Waals surface area contributed by atoms with Crippen LogP contribution in [0.15, 0.2) is 41.7 Å². The van der Waals surface area contributed by atoms with Gasteiger partial charge in [0.15, 0.2) is 0 Å². The van der Waals surface area contributed by atoms with Crippen molar-refractivity contribution in [2.75, 3.05) is 11.6 Å². The Hall–Kier alpha value is -1.82. The van der Waals surface area contributed by atoms with Crippen LogP contribution in [-0.4, -0.2) is 25.6 Å². The lowest BCUT2D eigenvalue weighted by molar-refractivity contribution is 0.849. The number of thioether (sulfide) groups is 1. The summed E-state index contributed by atoms with van der Waals surface area (Å²) < 4.78 is 1.45. The van der Waals surface area contributed by atoms with Crippen molar-refractivity contribution < 1.29 is 0 Å². The first-order valence-corrected chi connectivity index (χ1v) is 6.06. The van der Waals surface area contributed by atoms with E-state index in [0.717, 1.165) is 11.3 Å².